The predicted molar refractivity (Wildman–Crippen MR) is 122 cm³/mol. The smallest absolute Gasteiger partial charge is 0.158 e. The van der Waals surface area contributed by atoms with Crippen LogP contribution in [0, 0.1) is 11.3 Å². The van der Waals surface area contributed by atoms with E-state index in [1.807, 2.05) is 41.8 Å². The molecule has 1 aliphatic carbocycles. The number of aryl methyl sites for hydroxylation is 1. The monoisotopic (exact) mass is 456 g/mol. The van der Waals surface area contributed by atoms with Gasteiger partial charge in [-0.3, -0.25) is 5.43 Å². The van der Waals surface area contributed by atoms with E-state index < -0.39 is 0 Å². The Morgan fingerprint density at radius 2 is 2.21 bits per heavy atom. The zero-order valence-electron chi connectivity index (χ0n) is 16.5. The van der Waals surface area contributed by atoms with Crippen LogP contribution in [0.15, 0.2) is 40.2 Å². The lowest BCUT2D eigenvalue weighted by Gasteiger charge is -2.36. The molecular formula is C22H25BrN4S. The van der Waals surface area contributed by atoms with Crippen LogP contribution >= 0.6 is 27.3 Å². The molecule has 28 heavy (non-hydrogen) atoms. The predicted octanol–water partition coefficient (Wildman–Crippen LogP) is 6.44. The average molecular weight is 457 g/mol. The highest BCUT2D eigenvalue weighted by molar-refractivity contribution is 9.10. The Bertz CT molecular complexity index is 1020. The molecule has 0 aliphatic heterocycles. The third kappa shape index (κ3) is 3.85. The quantitative estimate of drug-likeness (QED) is 0.354. The second-order valence-electron chi connectivity index (χ2n) is 8.11. The largest absolute Gasteiger partial charge is 0.261 e. The van der Waals surface area contributed by atoms with Crippen molar-refractivity contribution in [2.75, 3.05) is 5.43 Å². The summed E-state index contributed by atoms with van der Waals surface area (Å²) in [5.74, 6) is 1.50. The zero-order chi connectivity index (χ0) is 19.7. The van der Waals surface area contributed by atoms with Crippen molar-refractivity contribution in [2.24, 2.45) is 16.4 Å². The van der Waals surface area contributed by atoms with Gasteiger partial charge in [-0.2, -0.15) is 5.10 Å². The molecule has 1 aliphatic rings. The fraction of sp³-hybridized carbons (Fsp3) is 0.409. The molecule has 1 atom stereocenters. The Labute approximate surface area is 178 Å². The summed E-state index contributed by atoms with van der Waals surface area (Å²) in [4.78, 5) is 11.6. The lowest BCUT2D eigenvalue weighted by molar-refractivity contribution is 0.184. The molecule has 0 fully saturated rings. The summed E-state index contributed by atoms with van der Waals surface area (Å²) in [7, 11) is 0. The molecule has 0 unspecified atom stereocenters. The highest BCUT2D eigenvalue weighted by atomic mass is 79.9. The van der Waals surface area contributed by atoms with E-state index in [-0.39, 0.29) is 0 Å². The molecule has 1 N–H and O–H groups in total. The van der Waals surface area contributed by atoms with Crippen molar-refractivity contribution < 1.29 is 0 Å². The maximum absolute atomic E-state index is 4.54. The van der Waals surface area contributed by atoms with Gasteiger partial charge in [-0.05, 0) is 53.9 Å². The third-order valence-corrected chi connectivity index (χ3v) is 7.78. The molecule has 0 bridgehead atoms. The van der Waals surface area contributed by atoms with Crippen LogP contribution in [0.4, 0.5) is 5.82 Å². The number of anilines is 1. The minimum Gasteiger partial charge on any atom is -0.261 e. The number of aromatic nitrogens is 2. The maximum Gasteiger partial charge on any atom is 0.158 e. The summed E-state index contributed by atoms with van der Waals surface area (Å²) in [5.41, 5.74) is 5.99. The molecule has 4 nitrogen and oxygen atoms in total. The van der Waals surface area contributed by atoms with Crippen LogP contribution in [0.1, 0.15) is 49.6 Å². The molecule has 0 saturated heterocycles. The Morgan fingerprint density at radius 3 is 3.00 bits per heavy atom. The van der Waals surface area contributed by atoms with Crippen LogP contribution in [-0.4, -0.2) is 16.2 Å². The van der Waals surface area contributed by atoms with Crippen molar-refractivity contribution in [3.05, 3.63) is 51.1 Å². The highest BCUT2D eigenvalue weighted by Gasteiger charge is 2.33. The Balaban J connectivity index is 1.64. The van der Waals surface area contributed by atoms with E-state index in [1.54, 1.807) is 6.33 Å². The van der Waals surface area contributed by atoms with Crippen LogP contribution in [0.2, 0.25) is 0 Å². The standard InChI is InChI=1S/C22H25BrN4S/c1-4-22(2,3)15-8-9-18-17(11-15)19-20(24-13-25-21(19)28-18)27-26-12-14-6-5-7-16(23)10-14/h5-7,10,12-13,15H,4,8-9,11H2,1-3H3,(H,24,25,27)/b26-12+/t15-/m0/s1. The minimum atomic E-state index is 0.355. The van der Waals surface area contributed by atoms with Crippen molar-refractivity contribution >= 4 is 49.5 Å². The Kier molecular flexibility index (Phi) is 5.52. The van der Waals surface area contributed by atoms with Crippen LogP contribution < -0.4 is 5.43 Å². The van der Waals surface area contributed by atoms with E-state index in [4.69, 9.17) is 0 Å². The van der Waals surface area contributed by atoms with Crippen LogP contribution in [-0.2, 0) is 12.8 Å². The Hall–Kier alpha value is -1.79. The van der Waals surface area contributed by atoms with Crippen LogP contribution in [0.3, 0.4) is 0 Å². The van der Waals surface area contributed by atoms with Crippen molar-refractivity contribution in [3.63, 3.8) is 0 Å². The van der Waals surface area contributed by atoms with Gasteiger partial charge >= 0.3 is 0 Å². The molecule has 6 heteroatoms. The number of hydrogen-bond donors (Lipinski definition) is 1. The molecule has 0 amide bonds. The van der Waals surface area contributed by atoms with Crippen molar-refractivity contribution in [1.29, 1.82) is 0 Å². The summed E-state index contributed by atoms with van der Waals surface area (Å²) in [6, 6.07) is 8.06. The van der Waals surface area contributed by atoms with Crippen molar-refractivity contribution in [2.45, 2.75) is 46.5 Å². The van der Waals surface area contributed by atoms with Crippen LogP contribution in [0.25, 0.3) is 10.2 Å². The summed E-state index contributed by atoms with van der Waals surface area (Å²) in [6.45, 7) is 7.10. The summed E-state index contributed by atoms with van der Waals surface area (Å²) < 4.78 is 1.04. The number of thiophene rings is 1. The minimum absolute atomic E-state index is 0.355. The second-order valence-corrected chi connectivity index (χ2v) is 10.1. The highest BCUT2D eigenvalue weighted by Crippen LogP contribution is 2.45. The maximum atomic E-state index is 4.54. The number of nitrogens with zero attached hydrogens (tertiary/aromatic N) is 3. The molecule has 0 saturated carbocycles. The lowest BCUT2D eigenvalue weighted by Crippen LogP contribution is -2.28. The number of halogens is 1. The number of benzene rings is 1. The molecule has 3 aromatic rings. The second kappa shape index (κ2) is 7.91. The SMILES string of the molecule is CCC(C)(C)[C@H]1CCc2sc3ncnc(N/N=C/c4cccc(Br)c4)c3c2C1. The van der Waals surface area contributed by atoms with E-state index in [0.717, 1.165) is 38.9 Å². The number of nitrogens with one attached hydrogen (secondary N) is 1. The first-order chi connectivity index (χ1) is 13.5. The number of rotatable bonds is 5. The van der Waals surface area contributed by atoms with Gasteiger partial charge in [-0.15, -0.1) is 11.3 Å². The third-order valence-electron chi connectivity index (χ3n) is 6.09. The lowest BCUT2D eigenvalue weighted by atomic mass is 9.69. The first kappa shape index (κ1) is 19.5. The molecule has 1 aromatic carbocycles. The first-order valence-electron chi connectivity index (χ1n) is 9.78. The average Bonchev–Trinajstić information content (AvgIpc) is 3.06. The molecule has 0 spiro atoms. The van der Waals surface area contributed by atoms with Gasteiger partial charge in [-0.25, -0.2) is 9.97 Å². The van der Waals surface area contributed by atoms with E-state index >= 15 is 0 Å². The fourth-order valence-corrected chi connectivity index (χ4v) is 5.50. The molecule has 146 valence electrons. The van der Waals surface area contributed by atoms with Gasteiger partial charge in [0.25, 0.3) is 0 Å². The van der Waals surface area contributed by atoms with Gasteiger partial charge in [0.2, 0.25) is 0 Å². The summed E-state index contributed by atoms with van der Waals surface area (Å²) in [5, 5.41) is 5.59. The summed E-state index contributed by atoms with van der Waals surface area (Å²) in [6.07, 6.45) is 8.17. The van der Waals surface area contributed by atoms with Crippen LogP contribution in [0.5, 0.6) is 0 Å². The topological polar surface area (TPSA) is 50.2 Å². The van der Waals surface area contributed by atoms with Gasteiger partial charge in [0.15, 0.2) is 5.82 Å². The van der Waals surface area contributed by atoms with Gasteiger partial charge in [0.1, 0.15) is 11.2 Å². The van der Waals surface area contributed by atoms with E-state index in [0.29, 0.717) is 11.3 Å². The van der Waals surface area contributed by atoms with E-state index in [1.165, 1.54) is 23.3 Å². The molecular weight excluding hydrogens is 432 g/mol. The van der Waals surface area contributed by atoms with Crippen molar-refractivity contribution in [1.82, 2.24) is 9.97 Å². The van der Waals surface area contributed by atoms with Gasteiger partial charge in [-0.1, -0.05) is 55.3 Å². The normalized spacial score (nSPS) is 17.2. The number of hydrazone groups is 1. The van der Waals surface area contributed by atoms with Gasteiger partial charge < -0.3 is 0 Å². The van der Waals surface area contributed by atoms with E-state index in [9.17, 15) is 0 Å². The fourth-order valence-electron chi connectivity index (χ4n) is 3.90. The molecule has 4 rings (SSSR count). The zero-order valence-corrected chi connectivity index (χ0v) is 18.9. The van der Waals surface area contributed by atoms with Gasteiger partial charge in [0.05, 0.1) is 11.6 Å². The first-order valence-corrected chi connectivity index (χ1v) is 11.4. The van der Waals surface area contributed by atoms with Gasteiger partial charge in [0, 0.05) is 9.35 Å². The van der Waals surface area contributed by atoms with Crippen molar-refractivity contribution in [3.8, 4) is 0 Å². The molecule has 2 aromatic heterocycles. The number of hydrogen-bond acceptors (Lipinski definition) is 5. The molecule has 0 radical (unpaired) electrons. The number of fused-ring (bicyclic) bond motifs is 3. The van der Waals surface area contributed by atoms with E-state index in [2.05, 4.69) is 57.2 Å². The molecule has 2 heterocycles. The summed E-state index contributed by atoms with van der Waals surface area (Å²) >= 11 is 5.31. The Morgan fingerprint density at radius 1 is 1.36 bits per heavy atom.